The molecule has 3 aromatic heterocycles. The number of aromatic nitrogens is 4. The van der Waals surface area contributed by atoms with E-state index in [0.717, 1.165) is 39.3 Å². The number of carbonyl (C=O) groups is 1. The van der Waals surface area contributed by atoms with Gasteiger partial charge in [0, 0.05) is 28.4 Å². The molecule has 3 heterocycles. The fraction of sp³-hybridized carbons (Fsp3) is 0.222. The molecule has 8 heteroatoms. The molecular weight excluding hydrogens is 458 g/mol. The number of fused-ring (bicyclic) bond motifs is 1. The average molecular weight is 486 g/mol. The molecular formula is C27H27N5O2S. The first-order valence-electron chi connectivity index (χ1n) is 11.4. The van der Waals surface area contributed by atoms with E-state index in [9.17, 15) is 4.79 Å². The normalized spacial score (nSPS) is 11.7. The summed E-state index contributed by atoms with van der Waals surface area (Å²) in [5.41, 5.74) is 3.84. The number of furan rings is 1. The molecule has 0 fully saturated rings. The van der Waals surface area contributed by atoms with Gasteiger partial charge in [-0.15, -0.1) is 10.2 Å². The summed E-state index contributed by atoms with van der Waals surface area (Å²) in [5.74, 6) is 1.63. The van der Waals surface area contributed by atoms with Crippen molar-refractivity contribution in [2.24, 2.45) is 0 Å². The summed E-state index contributed by atoms with van der Waals surface area (Å²) >= 11 is 1.36. The second kappa shape index (κ2) is 9.46. The third-order valence-electron chi connectivity index (χ3n) is 5.78. The molecule has 0 spiro atoms. The minimum atomic E-state index is -0.0899. The molecule has 0 aliphatic heterocycles. The Morgan fingerprint density at radius 1 is 1.06 bits per heavy atom. The molecule has 35 heavy (non-hydrogen) atoms. The van der Waals surface area contributed by atoms with Crippen LogP contribution in [-0.4, -0.2) is 31.4 Å². The summed E-state index contributed by atoms with van der Waals surface area (Å²) in [6.45, 7) is 6.87. The Kier molecular flexibility index (Phi) is 6.21. The van der Waals surface area contributed by atoms with Gasteiger partial charge in [0.25, 0.3) is 0 Å². The van der Waals surface area contributed by atoms with Crippen molar-refractivity contribution in [2.75, 3.05) is 11.1 Å². The van der Waals surface area contributed by atoms with Crippen molar-refractivity contribution in [3.8, 4) is 11.4 Å². The molecule has 0 aliphatic rings. The van der Waals surface area contributed by atoms with Crippen LogP contribution in [0.4, 0.5) is 5.69 Å². The number of benzene rings is 2. The average Bonchev–Trinajstić information content (AvgIpc) is 3.58. The van der Waals surface area contributed by atoms with Gasteiger partial charge in [-0.25, -0.2) is 0 Å². The summed E-state index contributed by atoms with van der Waals surface area (Å²) in [4.78, 5) is 16.2. The van der Waals surface area contributed by atoms with E-state index in [0.29, 0.717) is 11.7 Å². The van der Waals surface area contributed by atoms with E-state index in [1.54, 1.807) is 6.26 Å². The van der Waals surface area contributed by atoms with Crippen molar-refractivity contribution < 1.29 is 9.21 Å². The number of hydrogen-bond donors (Lipinski definition) is 2. The van der Waals surface area contributed by atoms with E-state index in [1.165, 1.54) is 11.8 Å². The van der Waals surface area contributed by atoms with Crippen molar-refractivity contribution in [1.29, 1.82) is 0 Å². The Balaban J connectivity index is 1.40. The van der Waals surface area contributed by atoms with Crippen LogP contribution in [0.5, 0.6) is 0 Å². The number of thioether (sulfide) groups is 1. The van der Waals surface area contributed by atoms with Gasteiger partial charge >= 0.3 is 0 Å². The smallest absolute Gasteiger partial charge is 0.234 e. The van der Waals surface area contributed by atoms with Crippen LogP contribution in [0.1, 0.15) is 32.1 Å². The van der Waals surface area contributed by atoms with E-state index >= 15 is 0 Å². The number of hydrogen-bond acceptors (Lipinski definition) is 5. The third kappa shape index (κ3) is 4.88. The van der Waals surface area contributed by atoms with Crippen LogP contribution in [0, 0.1) is 0 Å². The maximum absolute atomic E-state index is 12.9. The quantitative estimate of drug-likeness (QED) is 0.272. The number of rotatable bonds is 7. The second-order valence-electron chi connectivity index (χ2n) is 9.35. The van der Waals surface area contributed by atoms with E-state index in [4.69, 9.17) is 4.42 Å². The van der Waals surface area contributed by atoms with Crippen LogP contribution in [0.3, 0.4) is 0 Å². The van der Waals surface area contributed by atoms with Crippen LogP contribution < -0.4 is 5.32 Å². The minimum absolute atomic E-state index is 0.0749. The first-order valence-corrected chi connectivity index (χ1v) is 12.4. The molecule has 0 bridgehead atoms. The van der Waals surface area contributed by atoms with Crippen LogP contribution in [0.15, 0.2) is 82.7 Å². The van der Waals surface area contributed by atoms with Gasteiger partial charge in [0.2, 0.25) is 5.91 Å². The summed E-state index contributed by atoms with van der Waals surface area (Å²) < 4.78 is 7.59. The Bertz CT molecular complexity index is 1460. The summed E-state index contributed by atoms with van der Waals surface area (Å²) in [5, 5.41) is 13.7. The Morgan fingerprint density at radius 3 is 2.66 bits per heavy atom. The van der Waals surface area contributed by atoms with E-state index in [-0.39, 0.29) is 17.1 Å². The lowest BCUT2D eigenvalue weighted by molar-refractivity contribution is -0.113. The van der Waals surface area contributed by atoms with Gasteiger partial charge < -0.3 is 14.7 Å². The molecule has 0 saturated carbocycles. The van der Waals surface area contributed by atoms with Crippen LogP contribution in [0.2, 0.25) is 0 Å². The minimum Gasteiger partial charge on any atom is -0.467 e. The number of aromatic amines is 1. The first-order chi connectivity index (χ1) is 16.9. The number of nitrogens with one attached hydrogen (secondary N) is 2. The number of amides is 1. The summed E-state index contributed by atoms with van der Waals surface area (Å²) in [6.07, 6.45) is 3.59. The highest BCUT2D eigenvalue weighted by molar-refractivity contribution is 7.99. The number of carbonyl (C=O) groups excluding carboxylic acids is 1. The molecule has 2 aromatic carbocycles. The predicted molar refractivity (Wildman–Crippen MR) is 140 cm³/mol. The van der Waals surface area contributed by atoms with Crippen LogP contribution >= 0.6 is 11.8 Å². The highest BCUT2D eigenvalue weighted by atomic mass is 32.2. The standard InChI is InChI=1S/C27H27N5O2S/c1-27(2,3)21-11-5-7-13-23(21)29-24(33)17-35-26-31-30-25(32(26)16-18-9-8-14-34-18)20-15-28-22-12-6-4-10-19(20)22/h4-15,28H,16-17H2,1-3H3,(H,29,33). The fourth-order valence-electron chi connectivity index (χ4n) is 4.11. The number of para-hydroxylation sites is 2. The molecule has 0 aliphatic carbocycles. The lowest BCUT2D eigenvalue weighted by atomic mass is 9.86. The van der Waals surface area contributed by atoms with E-state index < -0.39 is 0 Å². The van der Waals surface area contributed by atoms with Crippen molar-refractivity contribution >= 4 is 34.3 Å². The molecule has 178 valence electrons. The SMILES string of the molecule is CC(C)(C)c1ccccc1NC(=O)CSc1nnc(-c2c[nH]c3ccccc23)n1Cc1ccco1. The van der Waals surface area contributed by atoms with Gasteiger partial charge in [0.1, 0.15) is 5.76 Å². The van der Waals surface area contributed by atoms with Crippen molar-refractivity contribution in [1.82, 2.24) is 19.7 Å². The zero-order valence-electron chi connectivity index (χ0n) is 19.9. The van der Waals surface area contributed by atoms with Gasteiger partial charge in [0.15, 0.2) is 11.0 Å². The van der Waals surface area contributed by atoms with E-state index in [1.807, 2.05) is 59.3 Å². The second-order valence-corrected chi connectivity index (χ2v) is 10.3. The van der Waals surface area contributed by atoms with E-state index in [2.05, 4.69) is 53.4 Å². The van der Waals surface area contributed by atoms with Gasteiger partial charge in [-0.05, 0) is 35.2 Å². The fourth-order valence-corrected chi connectivity index (χ4v) is 4.85. The van der Waals surface area contributed by atoms with Gasteiger partial charge in [0.05, 0.1) is 18.6 Å². The molecule has 0 radical (unpaired) electrons. The zero-order chi connectivity index (χ0) is 24.4. The lowest BCUT2D eigenvalue weighted by Gasteiger charge is -2.22. The van der Waals surface area contributed by atoms with Crippen molar-refractivity contribution in [3.05, 3.63) is 84.4 Å². The highest BCUT2D eigenvalue weighted by Crippen LogP contribution is 2.32. The Labute approximate surface area is 208 Å². The lowest BCUT2D eigenvalue weighted by Crippen LogP contribution is -2.20. The molecule has 0 saturated heterocycles. The molecule has 2 N–H and O–H groups in total. The number of nitrogens with zero attached hydrogens (tertiary/aromatic N) is 3. The molecule has 0 atom stereocenters. The highest BCUT2D eigenvalue weighted by Gasteiger charge is 2.21. The number of H-pyrrole nitrogens is 1. The molecule has 1 amide bonds. The zero-order valence-corrected chi connectivity index (χ0v) is 20.7. The molecule has 0 unspecified atom stereocenters. The largest absolute Gasteiger partial charge is 0.467 e. The Morgan fingerprint density at radius 2 is 1.86 bits per heavy atom. The van der Waals surface area contributed by atoms with Crippen LogP contribution in [0.25, 0.3) is 22.3 Å². The maximum atomic E-state index is 12.9. The Hall–Kier alpha value is -3.78. The predicted octanol–water partition coefficient (Wildman–Crippen LogP) is 6.10. The topological polar surface area (TPSA) is 88.7 Å². The summed E-state index contributed by atoms with van der Waals surface area (Å²) in [6, 6.07) is 19.8. The van der Waals surface area contributed by atoms with Crippen LogP contribution in [-0.2, 0) is 16.8 Å². The maximum Gasteiger partial charge on any atom is 0.234 e. The third-order valence-corrected chi connectivity index (χ3v) is 6.75. The number of anilines is 1. The van der Waals surface area contributed by atoms with Gasteiger partial charge in [-0.3, -0.25) is 9.36 Å². The molecule has 7 nitrogen and oxygen atoms in total. The summed E-state index contributed by atoms with van der Waals surface area (Å²) in [7, 11) is 0. The first kappa shape index (κ1) is 23.0. The monoisotopic (exact) mass is 485 g/mol. The molecule has 5 rings (SSSR count). The molecule has 5 aromatic rings. The van der Waals surface area contributed by atoms with Gasteiger partial charge in [-0.2, -0.15) is 0 Å². The van der Waals surface area contributed by atoms with Gasteiger partial charge in [-0.1, -0.05) is 68.9 Å². The van der Waals surface area contributed by atoms with Crippen molar-refractivity contribution in [2.45, 2.75) is 37.9 Å². The van der Waals surface area contributed by atoms with Crippen molar-refractivity contribution in [3.63, 3.8) is 0 Å².